The molecule has 0 amide bonds. The Morgan fingerprint density at radius 2 is 1.97 bits per heavy atom. The van der Waals surface area contributed by atoms with Crippen molar-refractivity contribution in [2.45, 2.75) is 11.8 Å². The van der Waals surface area contributed by atoms with Crippen LogP contribution >= 0.6 is 22.9 Å². The van der Waals surface area contributed by atoms with E-state index in [1.165, 1.54) is 15.9 Å². The maximum Gasteiger partial charge on any atom is 0.240 e. The number of nitrogens with one attached hydrogen (secondary N) is 1. The Kier molecular flexibility index (Phi) is 5.71. The lowest BCUT2D eigenvalue weighted by Crippen LogP contribution is -2.28. The molecule has 5 aromatic rings. The standard InChI is InChI=1S/C21H17ClN6O3S2/c1-13-24-17-7-6-14(12-18(17)32-13)33(29,30)23-10-11-31-20-9-8-19-25-26-21(28(19)27-20)15-4-2-3-5-16(15)22/h2-9,12,23H,10-11H2,1H3. The van der Waals surface area contributed by atoms with Gasteiger partial charge in [-0.25, -0.2) is 18.1 Å². The third kappa shape index (κ3) is 4.40. The quantitative estimate of drug-likeness (QED) is 0.339. The molecule has 5 rings (SSSR count). The Morgan fingerprint density at radius 3 is 2.82 bits per heavy atom. The van der Waals surface area contributed by atoms with Crippen LogP contribution in [-0.2, 0) is 10.0 Å². The van der Waals surface area contributed by atoms with Crippen molar-refractivity contribution < 1.29 is 13.2 Å². The number of benzene rings is 2. The molecular weight excluding hydrogens is 484 g/mol. The van der Waals surface area contributed by atoms with E-state index in [4.69, 9.17) is 16.3 Å². The van der Waals surface area contributed by atoms with Gasteiger partial charge in [0.2, 0.25) is 15.9 Å². The van der Waals surface area contributed by atoms with Crippen molar-refractivity contribution in [1.82, 2.24) is 29.5 Å². The number of hydrogen-bond donors (Lipinski definition) is 1. The molecule has 33 heavy (non-hydrogen) atoms. The number of ether oxygens (including phenoxy) is 1. The van der Waals surface area contributed by atoms with Crippen LogP contribution in [0.25, 0.3) is 27.3 Å². The number of aryl methyl sites for hydroxylation is 1. The number of sulfonamides is 1. The third-order valence-corrected chi connectivity index (χ3v) is 7.50. The number of rotatable bonds is 7. The van der Waals surface area contributed by atoms with E-state index < -0.39 is 10.0 Å². The van der Waals surface area contributed by atoms with Gasteiger partial charge in [-0.15, -0.1) is 26.6 Å². The zero-order chi connectivity index (χ0) is 23.0. The van der Waals surface area contributed by atoms with E-state index in [-0.39, 0.29) is 18.0 Å². The van der Waals surface area contributed by atoms with Gasteiger partial charge in [0.25, 0.3) is 0 Å². The van der Waals surface area contributed by atoms with Gasteiger partial charge in [0.05, 0.1) is 25.1 Å². The van der Waals surface area contributed by atoms with Crippen LogP contribution in [0.3, 0.4) is 0 Å². The monoisotopic (exact) mass is 500 g/mol. The summed E-state index contributed by atoms with van der Waals surface area (Å²) in [5.74, 6) is 0.784. The van der Waals surface area contributed by atoms with Crippen molar-refractivity contribution in [3.05, 3.63) is 64.6 Å². The molecule has 0 aliphatic carbocycles. The largest absolute Gasteiger partial charge is 0.475 e. The number of fused-ring (bicyclic) bond motifs is 2. The summed E-state index contributed by atoms with van der Waals surface area (Å²) in [5.41, 5.74) is 2.01. The van der Waals surface area contributed by atoms with Crippen molar-refractivity contribution in [3.63, 3.8) is 0 Å². The molecule has 0 radical (unpaired) electrons. The fourth-order valence-corrected chi connectivity index (χ4v) is 5.46. The average Bonchev–Trinajstić information content (AvgIpc) is 3.38. The van der Waals surface area contributed by atoms with E-state index in [0.29, 0.717) is 27.9 Å². The highest BCUT2D eigenvalue weighted by Gasteiger charge is 2.16. The highest BCUT2D eigenvalue weighted by molar-refractivity contribution is 7.89. The minimum absolute atomic E-state index is 0.0708. The molecule has 3 aromatic heterocycles. The molecule has 2 aromatic carbocycles. The Bertz CT molecular complexity index is 1580. The second kappa shape index (κ2) is 8.67. The zero-order valence-electron chi connectivity index (χ0n) is 17.3. The van der Waals surface area contributed by atoms with E-state index in [2.05, 4.69) is 25.0 Å². The van der Waals surface area contributed by atoms with E-state index in [1.54, 1.807) is 36.4 Å². The Labute approximate surface area is 198 Å². The van der Waals surface area contributed by atoms with Gasteiger partial charge in [-0.3, -0.25) is 0 Å². The fraction of sp³-hybridized carbons (Fsp3) is 0.143. The molecule has 3 heterocycles. The SMILES string of the molecule is Cc1nc2ccc(S(=O)(=O)NCCOc3ccc4nnc(-c5ccccc5Cl)n4n3)cc2s1. The topological polar surface area (TPSA) is 111 Å². The van der Waals surface area contributed by atoms with Crippen molar-refractivity contribution in [2.75, 3.05) is 13.2 Å². The third-order valence-electron chi connectivity index (χ3n) is 4.77. The number of thiazole rings is 1. The van der Waals surface area contributed by atoms with Gasteiger partial charge in [-0.1, -0.05) is 23.7 Å². The summed E-state index contributed by atoms with van der Waals surface area (Å²) < 4.78 is 35.8. The van der Waals surface area contributed by atoms with E-state index >= 15 is 0 Å². The van der Waals surface area contributed by atoms with Crippen LogP contribution in [-0.4, -0.2) is 46.4 Å². The summed E-state index contributed by atoms with van der Waals surface area (Å²) in [5, 5.41) is 14.1. The van der Waals surface area contributed by atoms with Crippen LogP contribution in [0.4, 0.5) is 0 Å². The first-order valence-corrected chi connectivity index (χ1v) is 12.6. The summed E-state index contributed by atoms with van der Waals surface area (Å²) in [6.45, 7) is 2.04. The van der Waals surface area contributed by atoms with Gasteiger partial charge < -0.3 is 4.74 Å². The van der Waals surface area contributed by atoms with Gasteiger partial charge in [0, 0.05) is 18.2 Å². The molecule has 0 fully saturated rings. The van der Waals surface area contributed by atoms with E-state index in [0.717, 1.165) is 15.2 Å². The summed E-state index contributed by atoms with van der Waals surface area (Å²) in [7, 11) is -3.68. The molecule has 0 spiro atoms. The first-order valence-electron chi connectivity index (χ1n) is 9.88. The number of hydrogen-bond acceptors (Lipinski definition) is 8. The van der Waals surface area contributed by atoms with E-state index in [1.807, 2.05) is 25.1 Å². The number of nitrogens with zero attached hydrogens (tertiary/aromatic N) is 5. The van der Waals surface area contributed by atoms with Crippen molar-refractivity contribution in [3.8, 4) is 17.3 Å². The van der Waals surface area contributed by atoms with Crippen molar-refractivity contribution in [1.29, 1.82) is 0 Å². The lowest BCUT2D eigenvalue weighted by Gasteiger charge is -2.09. The second-order valence-electron chi connectivity index (χ2n) is 7.05. The van der Waals surface area contributed by atoms with Crippen LogP contribution < -0.4 is 9.46 Å². The molecule has 0 saturated carbocycles. The van der Waals surface area contributed by atoms with Crippen LogP contribution in [0, 0.1) is 6.92 Å². The predicted octanol–water partition coefficient (Wildman–Crippen LogP) is 3.72. The molecule has 12 heteroatoms. The van der Waals surface area contributed by atoms with Gasteiger partial charge in [0.1, 0.15) is 6.61 Å². The molecule has 0 saturated heterocycles. The second-order valence-corrected chi connectivity index (χ2v) is 10.5. The van der Waals surface area contributed by atoms with E-state index in [9.17, 15) is 8.42 Å². The summed E-state index contributed by atoms with van der Waals surface area (Å²) in [4.78, 5) is 4.54. The van der Waals surface area contributed by atoms with Gasteiger partial charge in [-0.05, 0) is 43.3 Å². The molecule has 168 valence electrons. The highest BCUT2D eigenvalue weighted by atomic mass is 35.5. The number of aromatic nitrogens is 5. The van der Waals surface area contributed by atoms with Gasteiger partial charge >= 0.3 is 0 Å². The molecule has 0 unspecified atom stereocenters. The number of halogens is 1. The maximum atomic E-state index is 12.6. The van der Waals surface area contributed by atoms with Crippen molar-refractivity contribution in [2.24, 2.45) is 0 Å². The summed E-state index contributed by atoms with van der Waals surface area (Å²) in [6, 6.07) is 15.5. The maximum absolute atomic E-state index is 12.6. The molecular formula is C21H17ClN6O3S2. The molecule has 0 bridgehead atoms. The minimum atomic E-state index is -3.68. The van der Waals surface area contributed by atoms with Gasteiger partial charge in [-0.2, -0.15) is 4.52 Å². The van der Waals surface area contributed by atoms with Crippen LogP contribution in [0.2, 0.25) is 5.02 Å². The van der Waals surface area contributed by atoms with Crippen molar-refractivity contribution >= 4 is 48.8 Å². The Hall–Kier alpha value is -3.12. The smallest absolute Gasteiger partial charge is 0.240 e. The van der Waals surface area contributed by atoms with Crippen LogP contribution in [0.5, 0.6) is 5.88 Å². The first kappa shape index (κ1) is 21.7. The highest BCUT2D eigenvalue weighted by Crippen LogP contribution is 2.27. The molecule has 0 aliphatic heterocycles. The lowest BCUT2D eigenvalue weighted by molar-refractivity contribution is 0.306. The normalized spacial score (nSPS) is 11.9. The average molecular weight is 501 g/mol. The fourth-order valence-electron chi connectivity index (χ4n) is 3.26. The summed E-state index contributed by atoms with van der Waals surface area (Å²) >= 11 is 7.73. The van der Waals surface area contributed by atoms with Crippen LogP contribution in [0.15, 0.2) is 59.5 Å². The van der Waals surface area contributed by atoms with Crippen LogP contribution in [0.1, 0.15) is 5.01 Å². The molecule has 0 atom stereocenters. The molecule has 9 nitrogen and oxygen atoms in total. The predicted molar refractivity (Wildman–Crippen MR) is 126 cm³/mol. The summed E-state index contributed by atoms with van der Waals surface area (Å²) in [6.07, 6.45) is 0. The Balaban J connectivity index is 1.27. The van der Waals surface area contributed by atoms with Gasteiger partial charge in [0.15, 0.2) is 11.5 Å². The minimum Gasteiger partial charge on any atom is -0.475 e. The zero-order valence-corrected chi connectivity index (χ0v) is 19.7. The molecule has 0 aliphatic rings. The molecule has 1 N–H and O–H groups in total. The Morgan fingerprint density at radius 1 is 1.12 bits per heavy atom. The lowest BCUT2D eigenvalue weighted by atomic mass is 10.2. The first-order chi connectivity index (χ1) is 15.9.